The molecule has 0 aliphatic rings. The Morgan fingerprint density at radius 3 is 2.63 bits per heavy atom. The van der Waals surface area contributed by atoms with Crippen LogP contribution in [0, 0.1) is 13.8 Å². The Labute approximate surface area is 209 Å². The molecule has 2 heterocycles. The Morgan fingerprint density at radius 1 is 1.06 bits per heavy atom. The van der Waals surface area contributed by atoms with Gasteiger partial charge in [-0.1, -0.05) is 51.8 Å². The van der Waals surface area contributed by atoms with E-state index in [-0.39, 0.29) is 18.0 Å². The smallest absolute Gasteiger partial charge is 0.282 e. The number of hydrogen-bond donors (Lipinski definition) is 1. The summed E-state index contributed by atoms with van der Waals surface area (Å²) in [6, 6.07) is 20.9. The average Bonchev–Trinajstić information content (AvgIpc) is 3.18. The number of aromatic nitrogens is 3. The van der Waals surface area contributed by atoms with Gasteiger partial charge in [-0.25, -0.2) is 4.98 Å². The van der Waals surface area contributed by atoms with Crippen molar-refractivity contribution in [2.75, 3.05) is 5.32 Å². The molecule has 0 aliphatic heterocycles. The normalized spacial score (nSPS) is 11.5. The summed E-state index contributed by atoms with van der Waals surface area (Å²) in [7, 11) is 0. The number of aryl methyl sites for hydroxylation is 2. The van der Waals surface area contributed by atoms with Gasteiger partial charge in [0.15, 0.2) is 0 Å². The maximum atomic E-state index is 13.1. The van der Waals surface area contributed by atoms with E-state index in [0.717, 1.165) is 32.2 Å². The predicted octanol–water partition coefficient (Wildman–Crippen LogP) is 5.25. The first-order chi connectivity index (χ1) is 16.9. The Morgan fingerprint density at radius 2 is 1.83 bits per heavy atom. The summed E-state index contributed by atoms with van der Waals surface area (Å²) in [5.41, 5.74) is 3.96. The fraction of sp³-hybridized carbons (Fsp3) is 0.111. The van der Waals surface area contributed by atoms with Crippen molar-refractivity contribution in [2.45, 2.75) is 20.4 Å². The average molecular weight is 528 g/mol. The Hall–Kier alpha value is -4.04. The molecule has 1 N–H and O–H groups in total. The largest absolute Gasteiger partial charge is 0.337 e. The van der Waals surface area contributed by atoms with Crippen molar-refractivity contribution in [3.63, 3.8) is 0 Å². The first-order valence-electron chi connectivity index (χ1n) is 11.1. The molecular weight excluding hydrogens is 506 g/mol. The highest BCUT2D eigenvalue weighted by atomic mass is 79.9. The van der Waals surface area contributed by atoms with E-state index in [1.807, 2.05) is 72.3 Å². The molecule has 174 valence electrons. The van der Waals surface area contributed by atoms with E-state index in [1.54, 1.807) is 25.3 Å². The summed E-state index contributed by atoms with van der Waals surface area (Å²) >= 11 is 3.41. The second kappa shape index (κ2) is 9.31. The number of hydrogen-bond acceptors (Lipinski definition) is 4. The number of nitrogens with one attached hydrogen (secondary N) is 1. The summed E-state index contributed by atoms with van der Waals surface area (Å²) in [5, 5.41) is 8.81. The number of para-hydroxylation sites is 1. The van der Waals surface area contributed by atoms with Crippen LogP contribution in [0.4, 0.5) is 5.69 Å². The van der Waals surface area contributed by atoms with Crippen molar-refractivity contribution in [3.8, 4) is 0 Å². The van der Waals surface area contributed by atoms with Crippen LogP contribution >= 0.6 is 15.9 Å². The SMILES string of the molecule is Cc1ccc(NC(=O)Cn2cc(C=Nn3c(C)nc4ccc(Br)cc4c3=O)c3ccccc32)cc1. The molecule has 7 nitrogen and oxygen atoms in total. The zero-order valence-electron chi connectivity index (χ0n) is 19.2. The van der Waals surface area contributed by atoms with Crippen molar-refractivity contribution >= 4 is 55.5 Å². The fourth-order valence-corrected chi connectivity index (χ4v) is 4.38. The van der Waals surface area contributed by atoms with Gasteiger partial charge in [0.1, 0.15) is 12.4 Å². The number of nitrogens with zero attached hydrogens (tertiary/aromatic N) is 4. The number of fused-ring (bicyclic) bond motifs is 2. The van der Waals surface area contributed by atoms with Gasteiger partial charge in [-0.3, -0.25) is 9.59 Å². The van der Waals surface area contributed by atoms with E-state index in [4.69, 9.17) is 0 Å². The highest BCUT2D eigenvalue weighted by Gasteiger charge is 2.12. The van der Waals surface area contributed by atoms with Crippen LogP contribution < -0.4 is 10.9 Å². The molecule has 5 aromatic rings. The molecule has 0 spiro atoms. The van der Waals surface area contributed by atoms with Crippen molar-refractivity contribution < 1.29 is 4.79 Å². The minimum absolute atomic E-state index is 0.130. The summed E-state index contributed by atoms with van der Waals surface area (Å²) < 4.78 is 3.98. The molecule has 0 bridgehead atoms. The van der Waals surface area contributed by atoms with Crippen LogP contribution in [0.5, 0.6) is 0 Å². The Bertz CT molecular complexity index is 1670. The van der Waals surface area contributed by atoms with Gasteiger partial charge in [-0.15, -0.1) is 0 Å². The number of amides is 1. The molecule has 8 heteroatoms. The highest BCUT2D eigenvalue weighted by Crippen LogP contribution is 2.21. The highest BCUT2D eigenvalue weighted by molar-refractivity contribution is 9.10. The molecular formula is C27H22BrN5O2. The van der Waals surface area contributed by atoms with Crippen molar-refractivity contribution in [1.82, 2.24) is 14.2 Å². The quantitative estimate of drug-likeness (QED) is 0.317. The number of carbonyl (C=O) groups excluding carboxylic acids is 1. The van der Waals surface area contributed by atoms with Gasteiger partial charge in [0.05, 0.1) is 17.1 Å². The number of carbonyl (C=O) groups is 1. The van der Waals surface area contributed by atoms with Crippen LogP contribution in [-0.4, -0.2) is 26.3 Å². The summed E-state index contributed by atoms with van der Waals surface area (Å²) in [4.78, 5) is 30.3. The molecule has 1 amide bonds. The molecule has 0 saturated heterocycles. The summed E-state index contributed by atoms with van der Waals surface area (Å²) in [5.74, 6) is 0.358. The van der Waals surface area contributed by atoms with Crippen molar-refractivity contribution in [3.05, 3.63) is 105 Å². The third-order valence-electron chi connectivity index (χ3n) is 5.75. The lowest BCUT2D eigenvalue weighted by Crippen LogP contribution is -2.20. The molecule has 0 saturated carbocycles. The van der Waals surface area contributed by atoms with Gasteiger partial charge in [-0.05, 0) is 50.2 Å². The Balaban J connectivity index is 1.47. The third-order valence-corrected chi connectivity index (χ3v) is 6.24. The lowest BCUT2D eigenvalue weighted by molar-refractivity contribution is -0.116. The van der Waals surface area contributed by atoms with Gasteiger partial charge < -0.3 is 9.88 Å². The number of anilines is 1. The van der Waals surface area contributed by atoms with Gasteiger partial charge in [0.2, 0.25) is 5.91 Å². The van der Waals surface area contributed by atoms with Crippen LogP contribution in [0.3, 0.4) is 0 Å². The predicted molar refractivity (Wildman–Crippen MR) is 143 cm³/mol. The van der Waals surface area contributed by atoms with Crippen molar-refractivity contribution in [1.29, 1.82) is 0 Å². The van der Waals surface area contributed by atoms with Crippen LogP contribution in [0.25, 0.3) is 21.8 Å². The second-order valence-electron chi connectivity index (χ2n) is 8.33. The zero-order chi connectivity index (χ0) is 24.5. The molecule has 0 atom stereocenters. The van der Waals surface area contributed by atoms with Gasteiger partial charge in [-0.2, -0.15) is 9.78 Å². The molecule has 2 aromatic heterocycles. The van der Waals surface area contributed by atoms with Crippen LogP contribution in [0.1, 0.15) is 17.0 Å². The van der Waals surface area contributed by atoms with E-state index in [0.29, 0.717) is 16.7 Å². The topological polar surface area (TPSA) is 81.3 Å². The van der Waals surface area contributed by atoms with E-state index in [9.17, 15) is 9.59 Å². The molecule has 0 radical (unpaired) electrons. The minimum atomic E-state index is -0.244. The molecule has 5 rings (SSSR count). The standard InChI is InChI=1S/C27H22BrN5O2/c1-17-7-10-21(11-8-17)31-26(34)16-32-15-19(22-5-3-4-6-25(22)32)14-29-33-18(2)30-24-12-9-20(28)13-23(24)27(33)35/h3-15H,16H2,1-2H3,(H,31,34). The van der Waals surface area contributed by atoms with E-state index in [1.165, 1.54) is 4.68 Å². The van der Waals surface area contributed by atoms with Crippen molar-refractivity contribution in [2.24, 2.45) is 5.10 Å². The fourth-order valence-electron chi connectivity index (χ4n) is 4.02. The first kappa shape index (κ1) is 22.7. The lowest BCUT2D eigenvalue weighted by atomic mass is 10.2. The summed E-state index contributed by atoms with van der Waals surface area (Å²) in [6.07, 6.45) is 3.50. The number of halogens is 1. The maximum absolute atomic E-state index is 13.1. The third kappa shape index (κ3) is 4.65. The maximum Gasteiger partial charge on any atom is 0.282 e. The van der Waals surface area contributed by atoms with Gasteiger partial charge in [0.25, 0.3) is 5.56 Å². The molecule has 0 fully saturated rings. The molecule has 35 heavy (non-hydrogen) atoms. The minimum Gasteiger partial charge on any atom is -0.337 e. The molecule has 0 unspecified atom stereocenters. The molecule has 0 aliphatic carbocycles. The first-order valence-corrected chi connectivity index (χ1v) is 11.9. The van der Waals surface area contributed by atoms with Gasteiger partial charge >= 0.3 is 0 Å². The van der Waals surface area contributed by atoms with Gasteiger partial charge in [0, 0.05) is 32.8 Å². The second-order valence-corrected chi connectivity index (χ2v) is 9.24. The van der Waals surface area contributed by atoms with E-state index < -0.39 is 0 Å². The van der Waals surface area contributed by atoms with Crippen LogP contribution in [-0.2, 0) is 11.3 Å². The Kier molecular flexibility index (Phi) is 6.05. The zero-order valence-corrected chi connectivity index (χ0v) is 20.8. The number of benzene rings is 3. The monoisotopic (exact) mass is 527 g/mol. The molecule has 3 aromatic carbocycles. The summed E-state index contributed by atoms with van der Waals surface area (Å²) in [6.45, 7) is 3.90. The van der Waals surface area contributed by atoms with Crippen LogP contribution in [0.15, 0.2) is 87.3 Å². The number of rotatable bonds is 5. The van der Waals surface area contributed by atoms with E-state index >= 15 is 0 Å². The van der Waals surface area contributed by atoms with Crippen LogP contribution in [0.2, 0.25) is 0 Å². The van der Waals surface area contributed by atoms with E-state index in [2.05, 4.69) is 31.3 Å². The lowest BCUT2D eigenvalue weighted by Gasteiger charge is -2.07.